The largest absolute Gasteiger partial charge is 0.468 e. The molecule has 1 aliphatic rings. The molecule has 0 aromatic heterocycles. The van der Waals surface area contributed by atoms with E-state index in [2.05, 4.69) is 4.74 Å². The van der Waals surface area contributed by atoms with Crippen LogP contribution in [0.25, 0.3) is 0 Å². The van der Waals surface area contributed by atoms with Crippen LogP contribution in [-0.2, 0) is 14.3 Å². The standard InChI is InChI=1S/C6H7ClO3/c1-9-6-4(3-7)2-5(8)10-6/h2-3H2,1H3. The molecule has 1 aliphatic heterocycles. The Morgan fingerprint density at radius 1 is 1.80 bits per heavy atom. The van der Waals surface area contributed by atoms with Crippen LogP contribution < -0.4 is 0 Å². The van der Waals surface area contributed by atoms with Gasteiger partial charge in [-0.25, -0.2) is 0 Å². The van der Waals surface area contributed by atoms with E-state index in [9.17, 15) is 4.79 Å². The number of rotatable bonds is 2. The molecule has 0 amide bonds. The molecule has 0 aromatic rings. The molecule has 3 nitrogen and oxygen atoms in total. The number of esters is 1. The van der Waals surface area contributed by atoms with E-state index in [1.807, 2.05) is 0 Å². The zero-order valence-corrected chi connectivity index (χ0v) is 6.27. The lowest BCUT2D eigenvalue weighted by Crippen LogP contribution is -1.94. The highest BCUT2D eigenvalue weighted by molar-refractivity contribution is 6.19. The lowest BCUT2D eigenvalue weighted by Gasteiger charge is -1.98. The van der Waals surface area contributed by atoms with Crippen molar-refractivity contribution in [1.29, 1.82) is 0 Å². The fourth-order valence-electron chi connectivity index (χ4n) is 0.746. The predicted octanol–water partition coefficient (Wildman–Crippen LogP) is 1.03. The van der Waals surface area contributed by atoms with E-state index in [-0.39, 0.29) is 24.2 Å². The van der Waals surface area contributed by atoms with Crippen LogP contribution in [0.4, 0.5) is 0 Å². The van der Waals surface area contributed by atoms with Gasteiger partial charge in [-0.15, -0.1) is 11.6 Å². The minimum absolute atomic E-state index is 0.257. The number of methoxy groups -OCH3 is 1. The third kappa shape index (κ3) is 1.24. The second kappa shape index (κ2) is 2.92. The molecule has 0 spiro atoms. The lowest BCUT2D eigenvalue weighted by atomic mass is 10.3. The zero-order valence-electron chi connectivity index (χ0n) is 5.52. The Hall–Kier alpha value is -0.700. The highest BCUT2D eigenvalue weighted by atomic mass is 35.5. The van der Waals surface area contributed by atoms with Crippen molar-refractivity contribution in [2.75, 3.05) is 13.0 Å². The minimum atomic E-state index is -0.299. The van der Waals surface area contributed by atoms with E-state index in [4.69, 9.17) is 16.3 Å². The maximum atomic E-state index is 10.6. The minimum Gasteiger partial charge on any atom is -0.468 e. The summed E-state index contributed by atoms with van der Waals surface area (Å²) in [6.07, 6.45) is 0.257. The van der Waals surface area contributed by atoms with Gasteiger partial charge in [0.2, 0.25) is 0 Å². The fourth-order valence-corrected chi connectivity index (χ4v) is 0.949. The Labute approximate surface area is 63.6 Å². The Kier molecular flexibility index (Phi) is 2.17. The molecular formula is C6H7ClO3. The van der Waals surface area contributed by atoms with Crippen molar-refractivity contribution < 1.29 is 14.3 Å². The third-order valence-electron chi connectivity index (χ3n) is 1.20. The summed E-state index contributed by atoms with van der Waals surface area (Å²) in [5.41, 5.74) is 0.717. The maximum absolute atomic E-state index is 10.6. The van der Waals surface area contributed by atoms with Gasteiger partial charge in [0, 0.05) is 5.57 Å². The van der Waals surface area contributed by atoms with Gasteiger partial charge in [0.1, 0.15) is 0 Å². The van der Waals surface area contributed by atoms with E-state index in [0.29, 0.717) is 5.57 Å². The summed E-state index contributed by atoms with van der Waals surface area (Å²) < 4.78 is 9.39. The van der Waals surface area contributed by atoms with Gasteiger partial charge < -0.3 is 9.47 Å². The quantitative estimate of drug-likeness (QED) is 0.450. The monoisotopic (exact) mass is 162 g/mol. The number of carbonyl (C=O) groups excluding carboxylic acids is 1. The summed E-state index contributed by atoms with van der Waals surface area (Å²) in [7, 11) is 1.44. The van der Waals surface area contributed by atoms with E-state index in [1.54, 1.807) is 0 Å². The average Bonchev–Trinajstić information content (AvgIpc) is 2.30. The summed E-state index contributed by atoms with van der Waals surface area (Å²) >= 11 is 5.48. The van der Waals surface area contributed by atoms with Gasteiger partial charge in [0.15, 0.2) is 0 Å². The fraction of sp³-hybridized carbons (Fsp3) is 0.500. The van der Waals surface area contributed by atoms with Crippen LogP contribution in [0.1, 0.15) is 6.42 Å². The molecule has 0 atom stereocenters. The first kappa shape index (κ1) is 7.41. The predicted molar refractivity (Wildman–Crippen MR) is 35.5 cm³/mol. The van der Waals surface area contributed by atoms with Gasteiger partial charge in [-0.2, -0.15) is 0 Å². The molecule has 1 rings (SSSR count). The first-order valence-electron chi connectivity index (χ1n) is 2.80. The van der Waals surface area contributed by atoms with E-state index >= 15 is 0 Å². The number of ether oxygens (including phenoxy) is 2. The molecule has 0 N–H and O–H groups in total. The van der Waals surface area contributed by atoms with Crippen molar-refractivity contribution in [1.82, 2.24) is 0 Å². The first-order chi connectivity index (χ1) is 4.77. The summed E-state index contributed by atoms with van der Waals surface area (Å²) in [6.45, 7) is 0. The molecule has 4 heteroatoms. The van der Waals surface area contributed by atoms with Crippen molar-refractivity contribution in [3.63, 3.8) is 0 Å². The third-order valence-corrected chi connectivity index (χ3v) is 1.52. The van der Waals surface area contributed by atoms with Gasteiger partial charge in [0.25, 0.3) is 5.95 Å². The molecular weight excluding hydrogens is 156 g/mol. The van der Waals surface area contributed by atoms with Gasteiger partial charge >= 0.3 is 5.97 Å². The Morgan fingerprint density at radius 3 is 2.90 bits per heavy atom. The number of hydrogen-bond acceptors (Lipinski definition) is 3. The molecule has 0 fully saturated rings. The number of carbonyl (C=O) groups is 1. The van der Waals surface area contributed by atoms with Crippen molar-refractivity contribution in [3.8, 4) is 0 Å². The normalized spacial score (nSPS) is 17.6. The SMILES string of the molecule is COC1=C(CCl)CC(=O)O1. The molecule has 1 heterocycles. The van der Waals surface area contributed by atoms with Crippen LogP contribution in [0.2, 0.25) is 0 Å². The van der Waals surface area contributed by atoms with Gasteiger partial charge in [0.05, 0.1) is 19.4 Å². The number of hydrogen-bond donors (Lipinski definition) is 0. The molecule has 56 valence electrons. The Balaban J connectivity index is 2.70. The van der Waals surface area contributed by atoms with Crippen molar-refractivity contribution >= 4 is 17.6 Å². The highest BCUT2D eigenvalue weighted by Crippen LogP contribution is 2.21. The maximum Gasteiger partial charge on any atom is 0.318 e. The first-order valence-corrected chi connectivity index (χ1v) is 3.34. The van der Waals surface area contributed by atoms with Crippen LogP contribution in [-0.4, -0.2) is 19.0 Å². The van der Waals surface area contributed by atoms with Crippen LogP contribution in [0, 0.1) is 0 Å². The average molecular weight is 163 g/mol. The van der Waals surface area contributed by atoms with Crippen LogP contribution in [0.5, 0.6) is 0 Å². The zero-order chi connectivity index (χ0) is 7.56. The second-order valence-electron chi connectivity index (χ2n) is 1.88. The molecule has 0 radical (unpaired) electrons. The molecule has 0 unspecified atom stereocenters. The van der Waals surface area contributed by atoms with Crippen molar-refractivity contribution in [2.24, 2.45) is 0 Å². The molecule has 0 aromatic carbocycles. The smallest absolute Gasteiger partial charge is 0.318 e. The van der Waals surface area contributed by atoms with Crippen LogP contribution >= 0.6 is 11.6 Å². The van der Waals surface area contributed by atoms with E-state index in [1.165, 1.54) is 7.11 Å². The van der Waals surface area contributed by atoms with Gasteiger partial charge in [-0.3, -0.25) is 4.79 Å². The molecule has 0 saturated heterocycles. The topological polar surface area (TPSA) is 35.5 Å². The summed E-state index contributed by atoms with van der Waals surface area (Å²) in [5, 5.41) is 0. The van der Waals surface area contributed by atoms with Crippen LogP contribution in [0.3, 0.4) is 0 Å². The summed E-state index contributed by atoms with van der Waals surface area (Å²) in [6, 6.07) is 0. The Bertz CT molecular complexity index is 167. The lowest BCUT2D eigenvalue weighted by molar-refractivity contribution is -0.140. The highest BCUT2D eigenvalue weighted by Gasteiger charge is 2.23. The van der Waals surface area contributed by atoms with Gasteiger partial charge in [-0.05, 0) is 0 Å². The molecule has 0 saturated carbocycles. The molecule has 0 bridgehead atoms. The summed E-state index contributed by atoms with van der Waals surface area (Å²) in [4.78, 5) is 10.6. The number of alkyl halides is 1. The van der Waals surface area contributed by atoms with E-state index in [0.717, 1.165) is 0 Å². The Morgan fingerprint density at radius 2 is 2.50 bits per heavy atom. The molecule has 0 aliphatic carbocycles. The number of cyclic esters (lactones) is 1. The van der Waals surface area contributed by atoms with E-state index < -0.39 is 0 Å². The molecule has 10 heavy (non-hydrogen) atoms. The van der Waals surface area contributed by atoms with Gasteiger partial charge in [-0.1, -0.05) is 0 Å². The van der Waals surface area contributed by atoms with Crippen molar-refractivity contribution in [3.05, 3.63) is 11.5 Å². The summed E-state index contributed by atoms with van der Waals surface area (Å²) in [5.74, 6) is 0.252. The second-order valence-corrected chi connectivity index (χ2v) is 2.15. The van der Waals surface area contributed by atoms with Crippen molar-refractivity contribution in [2.45, 2.75) is 6.42 Å². The van der Waals surface area contributed by atoms with Crippen LogP contribution in [0.15, 0.2) is 11.5 Å². The number of halogens is 1.